The molecule has 0 aliphatic heterocycles. The fourth-order valence-corrected chi connectivity index (χ4v) is 3.98. The highest BCUT2D eigenvalue weighted by atomic mass is 32.1. The first-order chi connectivity index (χ1) is 12.5. The monoisotopic (exact) mass is 371 g/mol. The summed E-state index contributed by atoms with van der Waals surface area (Å²) in [5.74, 6) is -0.0548. The molecule has 2 heterocycles. The number of amides is 1. The van der Waals surface area contributed by atoms with Crippen LogP contribution in [0.25, 0.3) is 10.2 Å². The molecule has 0 atom stereocenters. The van der Waals surface area contributed by atoms with E-state index in [1.807, 2.05) is 14.1 Å². The SMILES string of the molecule is CCc1cccc2sc(N(CCCN(C)C)C(=O)c3ccnn3C)nc12. The molecule has 0 N–H and O–H groups in total. The number of rotatable bonds is 7. The van der Waals surface area contributed by atoms with Crippen molar-refractivity contribution in [2.75, 3.05) is 32.1 Å². The van der Waals surface area contributed by atoms with Crippen LogP contribution in [-0.4, -0.2) is 52.8 Å². The second kappa shape index (κ2) is 7.97. The van der Waals surface area contributed by atoms with E-state index in [0.29, 0.717) is 12.2 Å². The Morgan fingerprint density at radius 2 is 2.04 bits per heavy atom. The van der Waals surface area contributed by atoms with E-state index < -0.39 is 0 Å². The maximum atomic E-state index is 13.2. The molecular formula is C19H25N5OS. The first-order valence-electron chi connectivity index (χ1n) is 8.84. The summed E-state index contributed by atoms with van der Waals surface area (Å²) in [7, 11) is 5.87. The fraction of sp³-hybridized carbons (Fsp3) is 0.421. The third kappa shape index (κ3) is 3.78. The van der Waals surface area contributed by atoms with Gasteiger partial charge in [0.15, 0.2) is 5.13 Å². The molecule has 138 valence electrons. The molecule has 0 aliphatic carbocycles. The number of thiazole rings is 1. The standard InChI is InChI=1S/C19H25N5OS/c1-5-14-8-6-9-16-17(14)21-19(26-16)24(13-7-12-22(2)3)18(25)15-10-11-20-23(15)4/h6,8-11H,5,7,12-13H2,1-4H3. The van der Waals surface area contributed by atoms with Crippen molar-refractivity contribution in [1.82, 2.24) is 19.7 Å². The van der Waals surface area contributed by atoms with Crippen molar-refractivity contribution in [3.63, 3.8) is 0 Å². The minimum Gasteiger partial charge on any atom is -0.309 e. The maximum absolute atomic E-state index is 13.2. The zero-order chi connectivity index (χ0) is 18.7. The smallest absolute Gasteiger partial charge is 0.278 e. The number of anilines is 1. The summed E-state index contributed by atoms with van der Waals surface area (Å²) >= 11 is 1.58. The highest BCUT2D eigenvalue weighted by Gasteiger charge is 2.23. The van der Waals surface area contributed by atoms with Crippen LogP contribution in [0.1, 0.15) is 29.4 Å². The van der Waals surface area contributed by atoms with Gasteiger partial charge >= 0.3 is 0 Å². The normalized spacial score (nSPS) is 11.4. The molecule has 1 amide bonds. The predicted molar refractivity (Wildman–Crippen MR) is 107 cm³/mol. The van der Waals surface area contributed by atoms with E-state index in [2.05, 4.69) is 35.1 Å². The van der Waals surface area contributed by atoms with Gasteiger partial charge in [-0.3, -0.25) is 14.4 Å². The van der Waals surface area contributed by atoms with Crippen LogP contribution in [0.3, 0.4) is 0 Å². The van der Waals surface area contributed by atoms with Crippen molar-refractivity contribution in [1.29, 1.82) is 0 Å². The number of para-hydroxylation sites is 1. The number of nitrogens with zero attached hydrogens (tertiary/aromatic N) is 5. The number of hydrogen-bond acceptors (Lipinski definition) is 5. The molecular weight excluding hydrogens is 346 g/mol. The van der Waals surface area contributed by atoms with E-state index >= 15 is 0 Å². The molecule has 7 heteroatoms. The summed E-state index contributed by atoms with van der Waals surface area (Å²) in [5.41, 5.74) is 2.79. The number of carbonyl (C=O) groups is 1. The van der Waals surface area contributed by atoms with Crippen LogP contribution in [0.15, 0.2) is 30.5 Å². The average molecular weight is 372 g/mol. The largest absolute Gasteiger partial charge is 0.309 e. The summed E-state index contributed by atoms with van der Waals surface area (Å²) in [6, 6.07) is 7.99. The van der Waals surface area contributed by atoms with Crippen molar-refractivity contribution in [3.05, 3.63) is 41.7 Å². The number of carbonyl (C=O) groups excluding carboxylic acids is 1. The summed E-state index contributed by atoms with van der Waals surface area (Å²) in [6.45, 7) is 3.67. The average Bonchev–Trinajstić information content (AvgIpc) is 3.23. The van der Waals surface area contributed by atoms with E-state index in [4.69, 9.17) is 4.98 Å². The topological polar surface area (TPSA) is 54.3 Å². The summed E-state index contributed by atoms with van der Waals surface area (Å²) in [4.78, 5) is 21.9. The van der Waals surface area contributed by atoms with Crippen LogP contribution in [0.5, 0.6) is 0 Å². The summed E-state index contributed by atoms with van der Waals surface area (Å²) < 4.78 is 2.74. The Bertz CT molecular complexity index is 898. The molecule has 1 aromatic carbocycles. The first kappa shape index (κ1) is 18.5. The lowest BCUT2D eigenvalue weighted by atomic mass is 10.1. The van der Waals surface area contributed by atoms with Crippen LogP contribution in [0.2, 0.25) is 0 Å². The molecule has 0 aliphatic rings. The van der Waals surface area contributed by atoms with Gasteiger partial charge in [-0.15, -0.1) is 0 Å². The van der Waals surface area contributed by atoms with Crippen LogP contribution in [0.4, 0.5) is 5.13 Å². The maximum Gasteiger partial charge on any atom is 0.278 e. The Morgan fingerprint density at radius 1 is 1.23 bits per heavy atom. The molecule has 0 spiro atoms. The van der Waals surface area contributed by atoms with Gasteiger partial charge in [-0.1, -0.05) is 30.4 Å². The second-order valence-corrected chi connectivity index (χ2v) is 7.58. The van der Waals surface area contributed by atoms with Gasteiger partial charge in [-0.05, 0) is 51.2 Å². The number of aryl methyl sites for hydroxylation is 2. The minimum atomic E-state index is -0.0548. The highest BCUT2D eigenvalue weighted by Crippen LogP contribution is 2.32. The van der Waals surface area contributed by atoms with Crippen LogP contribution >= 0.6 is 11.3 Å². The Kier molecular flexibility index (Phi) is 5.68. The zero-order valence-corrected chi connectivity index (χ0v) is 16.6. The number of benzene rings is 1. The molecule has 2 aromatic heterocycles. The van der Waals surface area contributed by atoms with E-state index in [-0.39, 0.29) is 5.91 Å². The Balaban J connectivity index is 1.97. The molecule has 26 heavy (non-hydrogen) atoms. The number of aromatic nitrogens is 3. The molecule has 0 bridgehead atoms. The van der Waals surface area contributed by atoms with E-state index in [1.165, 1.54) is 5.56 Å². The van der Waals surface area contributed by atoms with Crippen LogP contribution < -0.4 is 4.90 Å². The van der Waals surface area contributed by atoms with Crippen molar-refractivity contribution < 1.29 is 4.79 Å². The molecule has 0 unspecified atom stereocenters. The lowest BCUT2D eigenvalue weighted by molar-refractivity contribution is 0.0977. The van der Waals surface area contributed by atoms with Crippen molar-refractivity contribution in [2.24, 2.45) is 7.05 Å². The lowest BCUT2D eigenvalue weighted by Gasteiger charge is -2.21. The summed E-state index contributed by atoms with van der Waals surface area (Å²) in [6.07, 6.45) is 3.46. The second-order valence-electron chi connectivity index (χ2n) is 6.57. The summed E-state index contributed by atoms with van der Waals surface area (Å²) in [5, 5.41) is 4.89. The first-order valence-corrected chi connectivity index (χ1v) is 9.66. The van der Waals surface area contributed by atoms with Gasteiger partial charge in [0.25, 0.3) is 5.91 Å². The highest BCUT2D eigenvalue weighted by molar-refractivity contribution is 7.22. The lowest BCUT2D eigenvalue weighted by Crippen LogP contribution is -2.34. The van der Waals surface area contributed by atoms with E-state index in [9.17, 15) is 4.79 Å². The van der Waals surface area contributed by atoms with E-state index in [0.717, 1.165) is 34.7 Å². The fourth-order valence-electron chi connectivity index (χ4n) is 2.95. The molecule has 3 aromatic rings. The van der Waals surface area contributed by atoms with Gasteiger partial charge in [-0.25, -0.2) is 4.98 Å². The molecule has 6 nitrogen and oxygen atoms in total. The van der Waals surface area contributed by atoms with Gasteiger partial charge in [0.05, 0.1) is 10.2 Å². The Hall–Kier alpha value is -2.25. The zero-order valence-electron chi connectivity index (χ0n) is 15.8. The Morgan fingerprint density at radius 3 is 2.69 bits per heavy atom. The van der Waals surface area contributed by atoms with Gasteiger partial charge in [-0.2, -0.15) is 5.10 Å². The molecule has 0 saturated carbocycles. The minimum absolute atomic E-state index is 0.0548. The third-order valence-electron chi connectivity index (χ3n) is 4.38. The van der Waals surface area contributed by atoms with Gasteiger partial charge in [0.2, 0.25) is 0 Å². The predicted octanol–water partition coefficient (Wildman–Crippen LogP) is 3.19. The van der Waals surface area contributed by atoms with Crippen LogP contribution in [0, 0.1) is 0 Å². The quantitative estimate of drug-likeness (QED) is 0.640. The number of fused-ring (bicyclic) bond motifs is 1. The Labute approximate surface area is 158 Å². The molecule has 3 rings (SSSR count). The molecule has 0 saturated heterocycles. The van der Waals surface area contributed by atoms with Gasteiger partial charge in [0.1, 0.15) is 5.69 Å². The van der Waals surface area contributed by atoms with Crippen molar-refractivity contribution in [2.45, 2.75) is 19.8 Å². The van der Waals surface area contributed by atoms with Gasteiger partial charge in [0, 0.05) is 19.8 Å². The molecule has 0 fully saturated rings. The van der Waals surface area contributed by atoms with E-state index in [1.54, 1.807) is 40.2 Å². The molecule has 0 radical (unpaired) electrons. The third-order valence-corrected chi connectivity index (χ3v) is 5.42. The van der Waals surface area contributed by atoms with Crippen molar-refractivity contribution in [3.8, 4) is 0 Å². The van der Waals surface area contributed by atoms with Crippen molar-refractivity contribution >= 4 is 32.6 Å². The van der Waals surface area contributed by atoms with Gasteiger partial charge < -0.3 is 4.90 Å². The number of hydrogen-bond donors (Lipinski definition) is 0. The van der Waals surface area contributed by atoms with Crippen LogP contribution in [-0.2, 0) is 13.5 Å².